The number of hydrogen-bond acceptors (Lipinski definition) is 5. The first kappa shape index (κ1) is 20.3. The number of piperidine rings is 1. The fraction of sp³-hybridized carbons (Fsp3) is 0.350. The third-order valence-electron chi connectivity index (χ3n) is 4.68. The Kier molecular flexibility index (Phi) is 7.00. The van der Waals surface area contributed by atoms with Gasteiger partial charge in [-0.3, -0.25) is 14.5 Å². The maximum absolute atomic E-state index is 12.4. The van der Waals surface area contributed by atoms with Gasteiger partial charge in [0.2, 0.25) is 11.8 Å². The van der Waals surface area contributed by atoms with Crippen LogP contribution in [0.3, 0.4) is 0 Å². The van der Waals surface area contributed by atoms with E-state index in [0.717, 1.165) is 28.8 Å². The SMILES string of the molecule is COc1ccc(NC(=O)CN2CCC(C(=O)Nc3ccc(Br)cn3)CC2)cc1. The zero-order chi connectivity index (χ0) is 19.9. The number of ether oxygens (including phenoxy) is 1. The van der Waals surface area contributed by atoms with Crippen LogP contribution in [0.1, 0.15) is 12.8 Å². The lowest BCUT2D eigenvalue weighted by Crippen LogP contribution is -2.41. The summed E-state index contributed by atoms with van der Waals surface area (Å²) in [7, 11) is 1.60. The van der Waals surface area contributed by atoms with E-state index >= 15 is 0 Å². The molecule has 3 rings (SSSR count). The fourth-order valence-corrected chi connectivity index (χ4v) is 3.34. The molecule has 1 aromatic carbocycles. The Hall–Kier alpha value is -2.45. The number of carbonyl (C=O) groups is 2. The van der Waals surface area contributed by atoms with Crippen LogP contribution < -0.4 is 15.4 Å². The Labute approximate surface area is 172 Å². The highest BCUT2D eigenvalue weighted by atomic mass is 79.9. The number of carbonyl (C=O) groups excluding carboxylic acids is 2. The lowest BCUT2D eigenvalue weighted by Gasteiger charge is -2.30. The summed E-state index contributed by atoms with van der Waals surface area (Å²) in [4.78, 5) is 30.9. The normalized spacial score (nSPS) is 15.1. The Morgan fingerprint density at radius 3 is 2.46 bits per heavy atom. The quantitative estimate of drug-likeness (QED) is 0.711. The fourth-order valence-electron chi connectivity index (χ4n) is 3.11. The predicted molar refractivity (Wildman–Crippen MR) is 111 cm³/mol. The number of methoxy groups -OCH3 is 1. The van der Waals surface area contributed by atoms with Crippen LogP contribution >= 0.6 is 15.9 Å². The molecule has 7 nitrogen and oxygen atoms in total. The van der Waals surface area contributed by atoms with E-state index in [1.807, 2.05) is 18.2 Å². The maximum atomic E-state index is 12.4. The van der Waals surface area contributed by atoms with E-state index in [9.17, 15) is 9.59 Å². The monoisotopic (exact) mass is 446 g/mol. The number of aromatic nitrogens is 1. The number of amides is 2. The topological polar surface area (TPSA) is 83.6 Å². The number of nitrogens with zero attached hydrogens (tertiary/aromatic N) is 2. The van der Waals surface area contributed by atoms with E-state index in [4.69, 9.17) is 4.74 Å². The van der Waals surface area contributed by atoms with E-state index < -0.39 is 0 Å². The highest BCUT2D eigenvalue weighted by Crippen LogP contribution is 2.20. The average Bonchev–Trinajstić information content (AvgIpc) is 2.71. The highest BCUT2D eigenvalue weighted by molar-refractivity contribution is 9.10. The molecule has 2 N–H and O–H groups in total. The number of nitrogens with one attached hydrogen (secondary N) is 2. The highest BCUT2D eigenvalue weighted by Gasteiger charge is 2.26. The molecular formula is C20H23BrN4O3. The summed E-state index contributed by atoms with van der Waals surface area (Å²) in [6.45, 7) is 1.73. The van der Waals surface area contributed by atoms with Crippen LogP contribution in [0.2, 0.25) is 0 Å². The number of likely N-dealkylation sites (tertiary alicyclic amines) is 1. The molecule has 1 aliphatic heterocycles. The second-order valence-corrected chi connectivity index (χ2v) is 7.59. The van der Waals surface area contributed by atoms with Gasteiger partial charge in [-0.2, -0.15) is 0 Å². The lowest BCUT2D eigenvalue weighted by molar-refractivity contribution is -0.121. The Bertz CT molecular complexity index is 803. The molecule has 1 aliphatic rings. The van der Waals surface area contributed by atoms with E-state index in [1.165, 1.54) is 0 Å². The minimum absolute atomic E-state index is 0.0165. The average molecular weight is 447 g/mol. The van der Waals surface area contributed by atoms with Crippen molar-refractivity contribution in [1.29, 1.82) is 0 Å². The smallest absolute Gasteiger partial charge is 0.238 e. The van der Waals surface area contributed by atoms with Crippen LogP contribution in [0.25, 0.3) is 0 Å². The van der Waals surface area contributed by atoms with Crippen molar-refractivity contribution in [3.05, 3.63) is 47.1 Å². The number of rotatable bonds is 6. The summed E-state index contributed by atoms with van der Waals surface area (Å²) in [5.41, 5.74) is 0.738. The van der Waals surface area contributed by atoms with E-state index in [1.54, 1.807) is 31.5 Å². The first-order chi connectivity index (χ1) is 13.5. The first-order valence-corrected chi connectivity index (χ1v) is 9.91. The third kappa shape index (κ3) is 5.77. The van der Waals surface area contributed by atoms with Crippen molar-refractivity contribution >= 4 is 39.2 Å². The zero-order valence-electron chi connectivity index (χ0n) is 15.7. The van der Waals surface area contributed by atoms with Crippen molar-refractivity contribution in [3.63, 3.8) is 0 Å². The minimum Gasteiger partial charge on any atom is -0.497 e. The number of pyridine rings is 1. The van der Waals surface area contributed by atoms with Gasteiger partial charge in [-0.25, -0.2) is 4.98 Å². The maximum Gasteiger partial charge on any atom is 0.238 e. The van der Waals surface area contributed by atoms with Gasteiger partial charge in [0, 0.05) is 22.3 Å². The van der Waals surface area contributed by atoms with Crippen molar-refractivity contribution < 1.29 is 14.3 Å². The summed E-state index contributed by atoms with van der Waals surface area (Å²) >= 11 is 3.32. The van der Waals surface area contributed by atoms with Crippen LogP contribution in [0.5, 0.6) is 5.75 Å². The largest absolute Gasteiger partial charge is 0.497 e. The minimum atomic E-state index is -0.0636. The van der Waals surface area contributed by atoms with Gasteiger partial charge in [0.15, 0.2) is 0 Å². The molecule has 0 radical (unpaired) electrons. The van der Waals surface area contributed by atoms with Gasteiger partial charge in [0.25, 0.3) is 0 Å². The van der Waals surface area contributed by atoms with E-state index in [-0.39, 0.29) is 17.7 Å². The van der Waals surface area contributed by atoms with Gasteiger partial charge in [-0.05, 0) is 78.3 Å². The number of hydrogen-bond donors (Lipinski definition) is 2. The Balaban J connectivity index is 1.42. The summed E-state index contributed by atoms with van der Waals surface area (Å²) in [6.07, 6.45) is 3.09. The second-order valence-electron chi connectivity index (χ2n) is 6.68. The van der Waals surface area contributed by atoms with Gasteiger partial charge < -0.3 is 15.4 Å². The van der Waals surface area contributed by atoms with Gasteiger partial charge in [-0.15, -0.1) is 0 Å². The molecule has 8 heteroatoms. The summed E-state index contributed by atoms with van der Waals surface area (Å²) < 4.78 is 5.98. The van der Waals surface area contributed by atoms with E-state index in [0.29, 0.717) is 25.5 Å². The number of halogens is 1. The van der Waals surface area contributed by atoms with Gasteiger partial charge in [0.05, 0.1) is 13.7 Å². The zero-order valence-corrected chi connectivity index (χ0v) is 17.2. The van der Waals surface area contributed by atoms with Crippen molar-refractivity contribution in [3.8, 4) is 5.75 Å². The molecule has 1 aromatic heterocycles. The molecule has 0 aliphatic carbocycles. The van der Waals surface area contributed by atoms with Crippen LogP contribution in [-0.4, -0.2) is 48.4 Å². The van der Waals surface area contributed by atoms with E-state index in [2.05, 4.69) is 36.4 Å². The predicted octanol–water partition coefficient (Wildman–Crippen LogP) is 3.14. The van der Waals surface area contributed by atoms with Crippen molar-refractivity contribution in [2.45, 2.75) is 12.8 Å². The standard InChI is InChI=1S/C20H23BrN4O3/c1-28-17-5-3-16(4-6-17)23-19(26)13-25-10-8-14(9-11-25)20(27)24-18-7-2-15(21)12-22-18/h2-7,12,14H,8-11,13H2,1H3,(H,23,26)(H,22,24,27). The first-order valence-electron chi connectivity index (χ1n) is 9.12. The molecule has 2 amide bonds. The molecule has 0 saturated carbocycles. The van der Waals surface area contributed by atoms with Gasteiger partial charge in [0.1, 0.15) is 11.6 Å². The molecule has 2 heterocycles. The molecular weight excluding hydrogens is 424 g/mol. The Morgan fingerprint density at radius 1 is 1.14 bits per heavy atom. The van der Waals surface area contributed by atoms with Crippen LogP contribution in [0.4, 0.5) is 11.5 Å². The third-order valence-corrected chi connectivity index (χ3v) is 5.15. The summed E-state index contributed by atoms with van der Waals surface area (Å²) in [5, 5.41) is 5.74. The molecule has 148 valence electrons. The second kappa shape index (κ2) is 9.66. The van der Waals surface area contributed by atoms with Crippen LogP contribution in [0.15, 0.2) is 47.1 Å². The van der Waals surface area contributed by atoms with Crippen molar-refractivity contribution in [1.82, 2.24) is 9.88 Å². The molecule has 0 atom stereocenters. The van der Waals surface area contributed by atoms with Gasteiger partial charge >= 0.3 is 0 Å². The lowest BCUT2D eigenvalue weighted by atomic mass is 9.96. The number of anilines is 2. The van der Waals surface area contributed by atoms with Crippen molar-refractivity contribution in [2.24, 2.45) is 5.92 Å². The summed E-state index contributed by atoms with van der Waals surface area (Å²) in [6, 6.07) is 10.8. The molecule has 28 heavy (non-hydrogen) atoms. The van der Waals surface area contributed by atoms with Crippen molar-refractivity contribution in [2.75, 3.05) is 37.4 Å². The molecule has 1 saturated heterocycles. The molecule has 0 unspecified atom stereocenters. The van der Waals surface area contributed by atoms with Crippen LogP contribution in [0, 0.1) is 5.92 Å². The van der Waals surface area contributed by atoms with Crippen LogP contribution in [-0.2, 0) is 9.59 Å². The molecule has 0 bridgehead atoms. The molecule has 1 fully saturated rings. The molecule has 2 aromatic rings. The molecule has 0 spiro atoms. The Morgan fingerprint density at radius 2 is 1.86 bits per heavy atom. The summed E-state index contributed by atoms with van der Waals surface area (Å²) in [5.74, 6) is 1.15. The van der Waals surface area contributed by atoms with Gasteiger partial charge in [-0.1, -0.05) is 0 Å². The number of benzene rings is 1.